The van der Waals surface area contributed by atoms with E-state index >= 15 is 0 Å². The van der Waals surface area contributed by atoms with Gasteiger partial charge >= 0.3 is 6.03 Å². The molecule has 2 aliphatic rings. The first-order chi connectivity index (χ1) is 10.6. The molecule has 1 spiro atoms. The van der Waals surface area contributed by atoms with Gasteiger partial charge in [0.15, 0.2) is 0 Å². The maximum absolute atomic E-state index is 12.2. The van der Waals surface area contributed by atoms with Crippen LogP contribution in [0.4, 0.5) is 4.79 Å². The van der Waals surface area contributed by atoms with Crippen LogP contribution >= 0.6 is 11.6 Å². The van der Waals surface area contributed by atoms with Gasteiger partial charge < -0.3 is 9.73 Å². The highest BCUT2D eigenvalue weighted by molar-refractivity contribution is 6.31. The molecule has 0 bridgehead atoms. The maximum atomic E-state index is 12.2. The molecule has 22 heavy (non-hydrogen) atoms. The minimum Gasteiger partial charge on any atom is -0.461 e. The van der Waals surface area contributed by atoms with Crippen LogP contribution in [0.1, 0.15) is 25.0 Å². The van der Waals surface area contributed by atoms with Gasteiger partial charge in [-0.3, -0.25) is 10.1 Å². The molecule has 1 aliphatic heterocycles. The van der Waals surface area contributed by atoms with E-state index in [9.17, 15) is 9.59 Å². The van der Waals surface area contributed by atoms with Crippen molar-refractivity contribution in [3.8, 4) is 0 Å². The summed E-state index contributed by atoms with van der Waals surface area (Å²) in [6.45, 7) is 0. The van der Waals surface area contributed by atoms with Gasteiger partial charge in [-0.25, -0.2) is 4.79 Å². The lowest BCUT2D eigenvalue weighted by atomic mass is 9.84. The third-order valence-electron chi connectivity index (χ3n) is 4.77. The Balaban J connectivity index is 1.64. The fourth-order valence-corrected chi connectivity index (χ4v) is 3.92. The first kappa shape index (κ1) is 13.6. The summed E-state index contributed by atoms with van der Waals surface area (Å²) in [6.07, 6.45) is 3.12. The Kier molecular flexibility index (Phi) is 2.94. The summed E-state index contributed by atoms with van der Waals surface area (Å²) in [5.41, 5.74) is 0.0135. The van der Waals surface area contributed by atoms with Crippen LogP contribution in [0, 0.1) is 5.92 Å². The summed E-state index contributed by atoms with van der Waals surface area (Å²) in [5, 5.41) is 6.81. The van der Waals surface area contributed by atoms with Gasteiger partial charge in [0.2, 0.25) is 0 Å². The van der Waals surface area contributed by atoms with E-state index in [2.05, 4.69) is 10.6 Å². The van der Waals surface area contributed by atoms with E-state index in [0.717, 1.165) is 29.6 Å². The van der Waals surface area contributed by atoms with Crippen LogP contribution in [0.25, 0.3) is 11.0 Å². The van der Waals surface area contributed by atoms with Gasteiger partial charge in [0.1, 0.15) is 16.9 Å². The molecule has 1 aromatic heterocycles. The second kappa shape index (κ2) is 4.74. The zero-order valence-corrected chi connectivity index (χ0v) is 12.6. The zero-order chi connectivity index (χ0) is 15.3. The van der Waals surface area contributed by atoms with Crippen molar-refractivity contribution < 1.29 is 14.0 Å². The average molecular weight is 319 g/mol. The number of urea groups is 1. The number of hydrogen-bond acceptors (Lipinski definition) is 3. The SMILES string of the molecule is O=C1NC(=O)C2(CCCC2Cc2cc3cc(Cl)ccc3o2)N1. The molecule has 1 aliphatic carbocycles. The summed E-state index contributed by atoms with van der Waals surface area (Å²) in [6, 6.07) is 7.06. The van der Waals surface area contributed by atoms with Gasteiger partial charge in [-0.15, -0.1) is 0 Å². The van der Waals surface area contributed by atoms with Crippen molar-refractivity contribution in [2.75, 3.05) is 0 Å². The van der Waals surface area contributed by atoms with Crippen molar-refractivity contribution in [3.63, 3.8) is 0 Å². The highest BCUT2D eigenvalue weighted by Gasteiger charge is 2.54. The maximum Gasteiger partial charge on any atom is 0.322 e. The average Bonchev–Trinajstić information content (AvgIpc) is 3.10. The van der Waals surface area contributed by atoms with Crippen LogP contribution in [0.2, 0.25) is 5.02 Å². The second-order valence-corrected chi connectivity index (χ2v) is 6.50. The number of amides is 3. The van der Waals surface area contributed by atoms with Crippen LogP contribution < -0.4 is 10.6 Å². The largest absolute Gasteiger partial charge is 0.461 e. The summed E-state index contributed by atoms with van der Waals surface area (Å²) >= 11 is 5.99. The molecule has 2 N–H and O–H groups in total. The smallest absolute Gasteiger partial charge is 0.322 e. The van der Waals surface area contributed by atoms with E-state index < -0.39 is 11.6 Å². The number of benzene rings is 1. The summed E-state index contributed by atoms with van der Waals surface area (Å²) in [4.78, 5) is 23.7. The number of imide groups is 1. The lowest BCUT2D eigenvalue weighted by Crippen LogP contribution is -2.50. The molecule has 2 atom stereocenters. The Morgan fingerprint density at radius 2 is 2.18 bits per heavy atom. The predicted octanol–water partition coefficient (Wildman–Crippen LogP) is 3.01. The fourth-order valence-electron chi connectivity index (χ4n) is 3.74. The van der Waals surface area contributed by atoms with Crippen LogP contribution in [-0.4, -0.2) is 17.5 Å². The molecule has 2 unspecified atom stereocenters. The molecule has 3 amide bonds. The zero-order valence-electron chi connectivity index (χ0n) is 11.8. The van der Waals surface area contributed by atoms with Crippen molar-refractivity contribution >= 4 is 34.5 Å². The summed E-state index contributed by atoms with van der Waals surface area (Å²) < 4.78 is 5.85. The monoisotopic (exact) mass is 318 g/mol. The lowest BCUT2D eigenvalue weighted by Gasteiger charge is -2.27. The van der Waals surface area contributed by atoms with Crippen molar-refractivity contribution in [2.45, 2.75) is 31.2 Å². The minimum absolute atomic E-state index is 0.0509. The van der Waals surface area contributed by atoms with Crippen LogP contribution in [0.5, 0.6) is 0 Å². The molecule has 6 heteroatoms. The standard InChI is InChI=1S/C16H15ClN2O3/c17-11-3-4-13-9(6-11)7-12(22-13)8-10-2-1-5-16(10)14(20)18-15(21)19-16/h3-4,6-7,10H,1-2,5,8H2,(H2,18,19,20,21). The molecule has 114 valence electrons. The molecule has 2 aromatic rings. The van der Waals surface area contributed by atoms with E-state index in [1.165, 1.54) is 0 Å². The number of halogens is 1. The third kappa shape index (κ3) is 2.00. The predicted molar refractivity (Wildman–Crippen MR) is 81.7 cm³/mol. The van der Waals surface area contributed by atoms with E-state index in [1.54, 1.807) is 6.07 Å². The van der Waals surface area contributed by atoms with Crippen molar-refractivity contribution in [1.82, 2.24) is 10.6 Å². The number of carbonyl (C=O) groups excluding carboxylic acids is 2. The molecular weight excluding hydrogens is 304 g/mol. The molecule has 2 fully saturated rings. The fraction of sp³-hybridized carbons (Fsp3) is 0.375. The molecule has 1 saturated carbocycles. The molecule has 1 aromatic carbocycles. The van der Waals surface area contributed by atoms with Crippen molar-refractivity contribution in [1.29, 1.82) is 0 Å². The molecule has 5 nitrogen and oxygen atoms in total. The van der Waals surface area contributed by atoms with Crippen LogP contribution in [0.3, 0.4) is 0 Å². The van der Waals surface area contributed by atoms with E-state index in [-0.39, 0.29) is 11.8 Å². The van der Waals surface area contributed by atoms with E-state index in [0.29, 0.717) is 17.9 Å². The van der Waals surface area contributed by atoms with Gasteiger partial charge in [-0.1, -0.05) is 18.0 Å². The van der Waals surface area contributed by atoms with Gasteiger partial charge in [-0.2, -0.15) is 0 Å². The topological polar surface area (TPSA) is 71.3 Å². The van der Waals surface area contributed by atoms with E-state index in [1.807, 2.05) is 18.2 Å². The Morgan fingerprint density at radius 1 is 1.32 bits per heavy atom. The molecular formula is C16H15ClN2O3. The Hall–Kier alpha value is -2.01. The quantitative estimate of drug-likeness (QED) is 0.836. The first-order valence-corrected chi connectivity index (χ1v) is 7.76. The summed E-state index contributed by atoms with van der Waals surface area (Å²) in [5.74, 6) is 0.659. The van der Waals surface area contributed by atoms with Gasteiger partial charge in [-0.05, 0) is 43.0 Å². The first-order valence-electron chi connectivity index (χ1n) is 7.38. The van der Waals surface area contributed by atoms with Gasteiger partial charge in [0.05, 0.1) is 0 Å². The normalized spacial score (nSPS) is 27.6. The Bertz CT molecular complexity index is 785. The van der Waals surface area contributed by atoms with Crippen molar-refractivity contribution in [2.24, 2.45) is 5.92 Å². The summed E-state index contributed by atoms with van der Waals surface area (Å²) in [7, 11) is 0. The van der Waals surface area contributed by atoms with E-state index in [4.69, 9.17) is 16.0 Å². The number of carbonyl (C=O) groups is 2. The van der Waals surface area contributed by atoms with Crippen molar-refractivity contribution in [3.05, 3.63) is 35.0 Å². The van der Waals surface area contributed by atoms with Gasteiger partial charge in [0, 0.05) is 16.8 Å². The third-order valence-corrected chi connectivity index (χ3v) is 5.00. The molecule has 1 saturated heterocycles. The molecule has 0 radical (unpaired) electrons. The highest BCUT2D eigenvalue weighted by Crippen LogP contribution is 2.40. The molecule has 2 heterocycles. The highest BCUT2D eigenvalue weighted by atomic mass is 35.5. The number of fused-ring (bicyclic) bond motifs is 1. The van der Waals surface area contributed by atoms with Gasteiger partial charge in [0.25, 0.3) is 5.91 Å². The Morgan fingerprint density at radius 3 is 2.95 bits per heavy atom. The number of furan rings is 1. The molecule has 4 rings (SSSR count). The minimum atomic E-state index is -0.770. The lowest BCUT2D eigenvalue weighted by molar-refractivity contribution is -0.125. The number of hydrogen-bond donors (Lipinski definition) is 2. The number of rotatable bonds is 2. The second-order valence-electron chi connectivity index (χ2n) is 6.07. The Labute approximate surface area is 132 Å². The number of nitrogens with one attached hydrogen (secondary N) is 2. The van der Waals surface area contributed by atoms with Crippen LogP contribution in [0.15, 0.2) is 28.7 Å². The van der Waals surface area contributed by atoms with Crippen LogP contribution in [-0.2, 0) is 11.2 Å².